The monoisotopic (exact) mass is 346 g/mol. The Labute approximate surface area is 151 Å². The number of hydrogen-bond acceptors (Lipinski definition) is 3. The maximum absolute atomic E-state index is 13.3. The van der Waals surface area contributed by atoms with Gasteiger partial charge < -0.3 is 10.2 Å². The van der Waals surface area contributed by atoms with Gasteiger partial charge in [-0.15, -0.1) is 0 Å². The zero-order chi connectivity index (χ0) is 18.1. The van der Waals surface area contributed by atoms with Crippen LogP contribution in [0.2, 0.25) is 0 Å². The Hall–Kier alpha value is -3.34. The van der Waals surface area contributed by atoms with Crippen molar-refractivity contribution >= 4 is 22.8 Å². The van der Waals surface area contributed by atoms with E-state index in [1.807, 2.05) is 55.0 Å². The quantitative estimate of drug-likeness (QED) is 0.567. The lowest BCUT2D eigenvalue weighted by molar-refractivity contribution is 0.628. The normalized spacial score (nSPS) is 10.9. The summed E-state index contributed by atoms with van der Waals surface area (Å²) in [5, 5.41) is 3.46. The summed E-state index contributed by atoms with van der Waals surface area (Å²) in [5.74, 6) is 0.594. The number of aromatic nitrogens is 2. The zero-order valence-corrected chi connectivity index (χ0v) is 14.6. The summed E-state index contributed by atoms with van der Waals surface area (Å²) in [4.78, 5) is 6.78. The van der Waals surface area contributed by atoms with E-state index in [1.165, 1.54) is 12.1 Å². The molecule has 26 heavy (non-hydrogen) atoms. The van der Waals surface area contributed by atoms with Crippen molar-refractivity contribution in [1.82, 2.24) is 9.38 Å². The van der Waals surface area contributed by atoms with Crippen LogP contribution < -0.4 is 10.2 Å². The molecule has 0 atom stereocenters. The number of imidazole rings is 1. The van der Waals surface area contributed by atoms with Crippen molar-refractivity contribution in [3.8, 4) is 11.3 Å². The first-order valence-corrected chi connectivity index (χ1v) is 8.39. The van der Waals surface area contributed by atoms with E-state index in [0.29, 0.717) is 0 Å². The van der Waals surface area contributed by atoms with Crippen LogP contribution in [0.1, 0.15) is 0 Å². The first-order valence-electron chi connectivity index (χ1n) is 8.39. The van der Waals surface area contributed by atoms with E-state index in [0.717, 1.165) is 34.1 Å². The van der Waals surface area contributed by atoms with Crippen LogP contribution >= 0.6 is 0 Å². The standard InChI is InChI=1S/C21H19FN4/c1-25(2)18-12-10-17(11-13-18)23-21-20(15-6-8-16(22)9-7-15)24-19-5-3-4-14-26(19)21/h3-14,23H,1-2H3. The highest BCUT2D eigenvalue weighted by Gasteiger charge is 2.14. The minimum absolute atomic E-state index is 0.258. The lowest BCUT2D eigenvalue weighted by atomic mass is 10.1. The molecule has 0 radical (unpaired) electrons. The number of nitrogens with one attached hydrogen (secondary N) is 1. The average molecular weight is 346 g/mol. The Morgan fingerprint density at radius 1 is 0.923 bits per heavy atom. The summed E-state index contributed by atoms with van der Waals surface area (Å²) in [6.07, 6.45) is 1.96. The second-order valence-corrected chi connectivity index (χ2v) is 6.31. The Morgan fingerprint density at radius 2 is 1.65 bits per heavy atom. The minimum Gasteiger partial charge on any atom is -0.378 e. The second-order valence-electron chi connectivity index (χ2n) is 6.31. The minimum atomic E-state index is -0.258. The van der Waals surface area contributed by atoms with Gasteiger partial charge in [0.05, 0.1) is 0 Å². The second kappa shape index (κ2) is 6.52. The van der Waals surface area contributed by atoms with Gasteiger partial charge in [-0.2, -0.15) is 0 Å². The van der Waals surface area contributed by atoms with Crippen LogP contribution in [0.3, 0.4) is 0 Å². The van der Waals surface area contributed by atoms with Gasteiger partial charge in [-0.05, 0) is 60.7 Å². The summed E-state index contributed by atoms with van der Waals surface area (Å²) in [6, 6.07) is 20.5. The molecule has 4 rings (SSSR count). The molecule has 0 fully saturated rings. The van der Waals surface area contributed by atoms with E-state index in [1.54, 1.807) is 12.1 Å². The molecule has 0 saturated heterocycles. The third kappa shape index (κ3) is 2.99. The number of fused-ring (bicyclic) bond motifs is 1. The van der Waals surface area contributed by atoms with E-state index in [9.17, 15) is 4.39 Å². The molecular weight excluding hydrogens is 327 g/mol. The predicted molar refractivity (Wildman–Crippen MR) is 105 cm³/mol. The van der Waals surface area contributed by atoms with E-state index >= 15 is 0 Å². The van der Waals surface area contributed by atoms with Crippen LogP contribution in [0, 0.1) is 5.82 Å². The SMILES string of the molecule is CN(C)c1ccc(Nc2c(-c3ccc(F)cc3)nc3ccccn23)cc1. The Bertz CT molecular complexity index is 1030. The molecule has 2 aromatic carbocycles. The topological polar surface area (TPSA) is 32.6 Å². The fourth-order valence-electron chi connectivity index (χ4n) is 2.90. The number of pyridine rings is 1. The molecule has 0 aliphatic carbocycles. The maximum Gasteiger partial charge on any atom is 0.143 e. The smallest absolute Gasteiger partial charge is 0.143 e. The third-order valence-corrected chi connectivity index (χ3v) is 4.29. The van der Waals surface area contributed by atoms with Crippen LogP contribution in [0.15, 0.2) is 72.9 Å². The zero-order valence-electron chi connectivity index (χ0n) is 14.6. The summed E-state index contributed by atoms with van der Waals surface area (Å²) >= 11 is 0. The maximum atomic E-state index is 13.3. The van der Waals surface area contributed by atoms with Gasteiger partial charge in [-0.3, -0.25) is 4.40 Å². The van der Waals surface area contributed by atoms with Crippen molar-refractivity contribution in [2.45, 2.75) is 0 Å². The number of halogens is 1. The van der Waals surface area contributed by atoms with Crippen LogP contribution in [0.5, 0.6) is 0 Å². The molecule has 4 aromatic rings. The molecule has 0 unspecified atom stereocenters. The van der Waals surface area contributed by atoms with E-state index < -0.39 is 0 Å². The Morgan fingerprint density at radius 3 is 2.35 bits per heavy atom. The van der Waals surface area contributed by atoms with Crippen LogP contribution in [0.25, 0.3) is 16.9 Å². The highest BCUT2D eigenvalue weighted by molar-refractivity contribution is 5.79. The molecule has 2 aromatic heterocycles. The van der Waals surface area contributed by atoms with E-state index in [4.69, 9.17) is 4.98 Å². The summed E-state index contributed by atoms with van der Waals surface area (Å²) in [6.45, 7) is 0. The third-order valence-electron chi connectivity index (χ3n) is 4.29. The number of anilines is 3. The Kier molecular flexibility index (Phi) is 4.05. The molecule has 0 spiro atoms. The lowest BCUT2D eigenvalue weighted by Crippen LogP contribution is -2.08. The van der Waals surface area contributed by atoms with Gasteiger partial charge in [0.2, 0.25) is 0 Å². The van der Waals surface area contributed by atoms with Crippen molar-refractivity contribution < 1.29 is 4.39 Å². The Balaban J connectivity index is 1.79. The molecule has 0 amide bonds. The van der Waals surface area contributed by atoms with Crippen LogP contribution in [0.4, 0.5) is 21.6 Å². The average Bonchev–Trinajstić information content (AvgIpc) is 3.01. The van der Waals surface area contributed by atoms with Crippen molar-refractivity contribution in [1.29, 1.82) is 0 Å². The molecular formula is C21H19FN4. The summed E-state index contributed by atoms with van der Waals surface area (Å²) in [5.41, 5.74) is 4.58. The van der Waals surface area contributed by atoms with Gasteiger partial charge in [0.1, 0.15) is 23.0 Å². The van der Waals surface area contributed by atoms with Gasteiger partial charge in [0.15, 0.2) is 0 Å². The van der Waals surface area contributed by atoms with Gasteiger partial charge >= 0.3 is 0 Å². The summed E-state index contributed by atoms with van der Waals surface area (Å²) in [7, 11) is 4.03. The van der Waals surface area contributed by atoms with Crippen molar-refractivity contribution in [2.75, 3.05) is 24.3 Å². The molecule has 0 bridgehead atoms. The highest BCUT2D eigenvalue weighted by Crippen LogP contribution is 2.31. The number of benzene rings is 2. The fourth-order valence-corrected chi connectivity index (χ4v) is 2.90. The molecule has 2 heterocycles. The molecule has 130 valence electrons. The van der Waals surface area contributed by atoms with Gasteiger partial charge in [0.25, 0.3) is 0 Å². The molecule has 5 heteroatoms. The van der Waals surface area contributed by atoms with Gasteiger partial charge in [0, 0.05) is 37.2 Å². The summed E-state index contributed by atoms with van der Waals surface area (Å²) < 4.78 is 15.3. The number of nitrogens with zero attached hydrogens (tertiary/aromatic N) is 3. The molecule has 1 N–H and O–H groups in total. The van der Waals surface area contributed by atoms with E-state index in [-0.39, 0.29) is 5.82 Å². The van der Waals surface area contributed by atoms with Crippen LogP contribution in [-0.2, 0) is 0 Å². The van der Waals surface area contributed by atoms with Crippen molar-refractivity contribution in [3.05, 3.63) is 78.7 Å². The fraction of sp³-hybridized carbons (Fsp3) is 0.0952. The van der Waals surface area contributed by atoms with Gasteiger partial charge in [-0.1, -0.05) is 6.07 Å². The first kappa shape index (κ1) is 16.1. The predicted octanol–water partition coefficient (Wildman–Crippen LogP) is 4.95. The van der Waals surface area contributed by atoms with E-state index in [2.05, 4.69) is 22.3 Å². The lowest BCUT2D eigenvalue weighted by Gasteiger charge is -2.14. The number of rotatable bonds is 4. The largest absolute Gasteiger partial charge is 0.378 e. The van der Waals surface area contributed by atoms with Crippen molar-refractivity contribution in [3.63, 3.8) is 0 Å². The first-order chi connectivity index (χ1) is 12.6. The highest BCUT2D eigenvalue weighted by atomic mass is 19.1. The van der Waals surface area contributed by atoms with Crippen molar-refractivity contribution in [2.24, 2.45) is 0 Å². The molecule has 0 aliphatic heterocycles. The molecule has 0 saturated carbocycles. The molecule has 0 aliphatic rings. The van der Waals surface area contributed by atoms with Crippen LogP contribution in [-0.4, -0.2) is 23.5 Å². The number of hydrogen-bond donors (Lipinski definition) is 1. The molecule has 4 nitrogen and oxygen atoms in total. The van der Waals surface area contributed by atoms with Gasteiger partial charge in [-0.25, -0.2) is 9.37 Å².